The predicted octanol–water partition coefficient (Wildman–Crippen LogP) is 10.1. The van der Waals surface area contributed by atoms with Gasteiger partial charge in [-0.2, -0.15) is 0 Å². The Hall–Kier alpha value is -6.53. The van der Waals surface area contributed by atoms with Crippen molar-refractivity contribution in [1.82, 2.24) is 9.97 Å². The van der Waals surface area contributed by atoms with Crippen molar-refractivity contribution in [2.45, 2.75) is 52.4 Å². The van der Waals surface area contributed by atoms with Crippen molar-refractivity contribution in [3.05, 3.63) is 143 Å². The van der Waals surface area contributed by atoms with Crippen LogP contribution in [0, 0.1) is 0 Å². The van der Waals surface area contributed by atoms with Crippen molar-refractivity contribution >= 4 is 45.9 Å². The van der Waals surface area contributed by atoms with Gasteiger partial charge in [-0.05, 0) is 92.3 Å². The Labute approximate surface area is 329 Å². The molecule has 0 fully saturated rings. The minimum absolute atomic E-state index is 0.0926. The number of nitrogens with zero attached hydrogens (tertiary/aromatic N) is 4. The number of urea groups is 1. The van der Waals surface area contributed by atoms with E-state index in [1.165, 1.54) is 11.3 Å². The molecule has 0 radical (unpaired) electrons. The number of aromatic nitrogens is 2. The lowest BCUT2D eigenvalue weighted by molar-refractivity contribution is 0.0633. The first kappa shape index (κ1) is 37.8. The van der Waals surface area contributed by atoms with Crippen LogP contribution in [0.25, 0.3) is 22.4 Å². The number of thiazole rings is 1. The van der Waals surface area contributed by atoms with E-state index in [1.807, 2.05) is 84.2 Å². The summed E-state index contributed by atoms with van der Waals surface area (Å²) in [6, 6.07) is 33.5. The number of ether oxygens (including phenoxy) is 2. The van der Waals surface area contributed by atoms with E-state index in [-0.39, 0.29) is 18.3 Å². The number of carboxylic acids is 1. The summed E-state index contributed by atoms with van der Waals surface area (Å²) in [5.74, 6) is -0.619. The molecule has 0 spiro atoms. The van der Waals surface area contributed by atoms with Gasteiger partial charge in [-0.1, -0.05) is 66.7 Å². The zero-order valence-corrected chi connectivity index (χ0v) is 32.1. The van der Waals surface area contributed by atoms with Crippen molar-refractivity contribution in [1.29, 1.82) is 0 Å². The van der Waals surface area contributed by atoms with Gasteiger partial charge in [0, 0.05) is 46.7 Å². The lowest BCUT2D eigenvalue weighted by Crippen LogP contribution is -2.45. The number of amides is 3. The number of hydrogen-bond acceptors (Lipinski definition) is 8. The number of fused-ring (bicyclic) bond motifs is 1. The molecule has 3 heterocycles. The van der Waals surface area contributed by atoms with Crippen molar-refractivity contribution in [3.63, 3.8) is 0 Å². The number of anilines is 3. The van der Waals surface area contributed by atoms with Gasteiger partial charge in [0.15, 0.2) is 10.8 Å². The van der Waals surface area contributed by atoms with Gasteiger partial charge < -0.3 is 14.6 Å². The Balaban J connectivity index is 1.11. The monoisotopic (exact) mass is 767 g/mol. The van der Waals surface area contributed by atoms with Crippen molar-refractivity contribution < 1.29 is 29.0 Å². The number of aryl methyl sites for hydroxylation is 1. The second-order valence-electron chi connectivity index (χ2n) is 14.3. The molecular formula is C44H41N5O6S. The lowest BCUT2D eigenvalue weighted by atomic mass is 9.97. The normalized spacial score (nSPS) is 12.4. The van der Waals surface area contributed by atoms with Gasteiger partial charge in [0.05, 0.1) is 12.2 Å². The van der Waals surface area contributed by atoms with Gasteiger partial charge in [-0.3, -0.25) is 15.1 Å². The standard InChI is InChI=1S/C44H41N5O6S/c1-44(2,3)55-42(52)46-34-15-8-16-35(26-34)54-28-30-12-7-13-32(24-30)36-19-20-37(47-39(36)40(50)51)33-18-17-31-14-9-22-48(38(31)25-33)43(53)49(41-45-21-23-56-41)27-29-10-5-4-6-11-29/h4-8,10-13,15-21,23-26H,9,14,22,27-28H2,1-3H3,(H,46,52)(H,50,51). The highest BCUT2D eigenvalue weighted by Crippen LogP contribution is 2.35. The molecule has 3 amide bonds. The smallest absolute Gasteiger partial charge is 0.412 e. The third-order valence-electron chi connectivity index (χ3n) is 9.02. The fraction of sp³-hybridized carbons (Fsp3) is 0.205. The topological polar surface area (TPSA) is 134 Å². The first-order valence-electron chi connectivity index (χ1n) is 18.2. The highest BCUT2D eigenvalue weighted by molar-refractivity contribution is 7.13. The Bertz CT molecular complexity index is 2360. The lowest BCUT2D eigenvalue weighted by Gasteiger charge is -2.34. The summed E-state index contributed by atoms with van der Waals surface area (Å²) in [5, 5.41) is 15.5. The second-order valence-corrected chi connectivity index (χ2v) is 15.2. The summed E-state index contributed by atoms with van der Waals surface area (Å²) in [6.45, 7) is 6.50. The molecule has 6 aromatic rings. The number of rotatable bonds is 10. The summed E-state index contributed by atoms with van der Waals surface area (Å²) in [7, 11) is 0. The maximum Gasteiger partial charge on any atom is 0.412 e. The summed E-state index contributed by atoms with van der Waals surface area (Å²) < 4.78 is 11.4. The summed E-state index contributed by atoms with van der Waals surface area (Å²) >= 11 is 1.41. The van der Waals surface area contributed by atoms with Crippen LogP contribution in [-0.4, -0.2) is 45.3 Å². The number of carbonyl (C=O) groups excluding carboxylic acids is 2. The van der Waals surface area contributed by atoms with Crippen LogP contribution in [0.4, 0.5) is 26.1 Å². The van der Waals surface area contributed by atoms with Crippen LogP contribution in [0.15, 0.2) is 121 Å². The molecule has 4 aromatic carbocycles. The Morgan fingerprint density at radius 3 is 2.46 bits per heavy atom. The molecule has 0 saturated heterocycles. The third kappa shape index (κ3) is 9.04. The molecule has 1 aliphatic heterocycles. The summed E-state index contributed by atoms with van der Waals surface area (Å²) in [5.41, 5.74) is 5.73. The van der Waals surface area contributed by atoms with Crippen LogP contribution in [0.2, 0.25) is 0 Å². The van der Waals surface area contributed by atoms with E-state index in [4.69, 9.17) is 9.47 Å². The summed E-state index contributed by atoms with van der Waals surface area (Å²) in [6.07, 6.45) is 2.76. The molecule has 56 heavy (non-hydrogen) atoms. The van der Waals surface area contributed by atoms with Gasteiger partial charge in [-0.25, -0.2) is 24.4 Å². The van der Waals surface area contributed by atoms with Gasteiger partial charge in [0.1, 0.15) is 18.0 Å². The van der Waals surface area contributed by atoms with Crippen LogP contribution in [0.3, 0.4) is 0 Å². The molecule has 7 rings (SSSR count). The van der Waals surface area contributed by atoms with E-state index in [0.717, 1.165) is 35.2 Å². The maximum absolute atomic E-state index is 14.3. The highest BCUT2D eigenvalue weighted by Gasteiger charge is 2.30. The first-order valence-corrected chi connectivity index (χ1v) is 19.1. The van der Waals surface area contributed by atoms with Crippen molar-refractivity contribution in [3.8, 4) is 28.1 Å². The van der Waals surface area contributed by atoms with Crippen LogP contribution < -0.4 is 19.9 Å². The Kier molecular flexibility index (Phi) is 11.1. The fourth-order valence-electron chi connectivity index (χ4n) is 6.51. The van der Waals surface area contributed by atoms with E-state index in [1.54, 1.807) is 67.1 Å². The van der Waals surface area contributed by atoms with Crippen molar-refractivity contribution in [2.24, 2.45) is 0 Å². The predicted molar refractivity (Wildman–Crippen MR) is 219 cm³/mol. The number of pyridine rings is 1. The molecule has 0 aliphatic carbocycles. The zero-order chi connectivity index (χ0) is 39.2. The molecule has 12 heteroatoms. The zero-order valence-electron chi connectivity index (χ0n) is 31.3. The number of nitrogens with one attached hydrogen (secondary N) is 1. The fourth-order valence-corrected chi connectivity index (χ4v) is 7.14. The molecule has 11 nitrogen and oxygen atoms in total. The SMILES string of the molecule is CC(C)(C)OC(=O)Nc1cccc(OCc2cccc(-c3ccc(-c4ccc5c(c4)N(C(=O)N(Cc4ccccc4)c4nccs4)CCC5)nc3C(=O)O)c2)c1. The molecule has 284 valence electrons. The molecule has 0 bridgehead atoms. The van der Waals surface area contributed by atoms with E-state index in [2.05, 4.69) is 15.3 Å². The first-order chi connectivity index (χ1) is 27.0. The van der Waals surface area contributed by atoms with Gasteiger partial charge in [0.2, 0.25) is 0 Å². The highest BCUT2D eigenvalue weighted by atomic mass is 32.1. The maximum atomic E-state index is 14.3. The minimum Gasteiger partial charge on any atom is -0.489 e. The quantitative estimate of drug-likeness (QED) is 0.141. The molecule has 0 atom stereocenters. The van der Waals surface area contributed by atoms with Crippen molar-refractivity contribution in [2.75, 3.05) is 21.7 Å². The van der Waals surface area contributed by atoms with Crippen LogP contribution in [0.1, 0.15) is 54.4 Å². The Morgan fingerprint density at radius 1 is 0.893 bits per heavy atom. The van der Waals surface area contributed by atoms with E-state index >= 15 is 0 Å². The van der Waals surface area contributed by atoms with Gasteiger partial charge in [0.25, 0.3) is 0 Å². The molecule has 2 aromatic heterocycles. The molecule has 1 aliphatic rings. The molecule has 0 saturated carbocycles. The third-order valence-corrected chi connectivity index (χ3v) is 9.81. The van der Waals surface area contributed by atoms with E-state index in [0.29, 0.717) is 52.0 Å². The van der Waals surface area contributed by atoms with E-state index in [9.17, 15) is 19.5 Å². The molecular weight excluding hydrogens is 727 g/mol. The second kappa shape index (κ2) is 16.5. The molecule has 0 unspecified atom stereocenters. The average molecular weight is 768 g/mol. The molecule has 2 N–H and O–H groups in total. The number of benzene rings is 4. The number of hydrogen-bond donors (Lipinski definition) is 2. The largest absolute Gasteiger partial charge is 0.489 e. The van der Waals surface area contributed by atoms with Crippen LogP contribution in [-0.2, 0) is 24.3 Å². The minimum atomic E-state index is -1.16. The van der Waals surface area contributed by atoms with E-state index < -0.39 is 17.7 Å². The average Bonchev–Trinajstić information content (AvgIpc) is 3.73. The Morgan fingerprint density at radius 2 is 1.70 bits per heavy atom. The summed E-state index contributed by atoms with van der Waals surface area (Å²) in [4.78, 5) is 51.8. The van der Waals surface area contributed by atoms with Crippen LogP contribution >= 0.6 is 11.3 Å². The van der Waals surface area contributed by atoms with Crippen LogP contribution in [0.5, 0.6) is 5.75 Å². The van der Waals surface area contributed by atoms with Gasteiger partial charge in [-0.15, -0.1) is 11.3 Å². The number of carboxylic acid groups (broad SMARTS) is 1. The number of aromatic carboxylic acids is 1. The number of carbonyl (C=O) groups is 3. The van der Waals surface area contributed by atoms with Gasteiger partial charge >= 0.3 is 18.1 Å².